The van der Waals surface area contributed by atoms with E-state index in [-0.39, 0.29) is 6.04 Å². The molecule has 1 aliphatic heterocycles. The first kappa shape index (κ1) is 14.7. The molecule has 0 bridgehead atoms. The Hall–Kier alpha value is -1.26. The van der Waals surface area contributed by atoms with Crippen molar-refractivity contribution in [2.24, 2.45) is 0 Å². The van der Waals surface area contributed by atoms with Crippen LogP contribution in [0.3, 0.4) is 0 Å². The van der Waals surface area contributed by atoms with E-state index in [2.05, 4.69) is 18.3 Å². The van der Waals surface area contributed by atoms with Gasteiger partial charge >= 0.3 is 0 Å². The number of rotatable bonds is 4. The van der Waals surface area contributed by atoms with Gasteiger partial charge in [-0.3, -0.25) is 0 Å². The molecule has 1 saturated carbocycles. The molecule has 21 heavy (non-hydrogen) atoms. The Bertz CT molecular complexity index is 481. The fourth-order valence-electron chi connectivity index (χ4n) is 3.21. The van der Waals surface area contributed by atoms with E-state index in [1.165, 1.54) is 12.8 Å². The van der Waals surface area contributed by atoms with Crippen molar-refractivity contribution in [2.75, 3.05) is 13.3 Å². The van der Waals surface area contributed by atoms with Gasteiger partial charge < -0.3 is 19.9 Å². The molecule has 1 aromatic rings. The van der Waals surface area contributed by atoms with Crippen molar-refractivity contribution in [3.05, 3.63) is 23.8 Å². The van der Waals surface area contributed by atoms with Crippen LogP contribution in [0.5, 0.6) is 11.5 Å². The van der Waals surface area contributed by atoms with Gasteiger partial charge in [0.25, 0.3) is 0 Å². The molecule has 4 heteroatoms. The highest BCUT2D eigenvalue weighted by Crippen LogP contribution is 2.34. The van der Waals surface area contributed by atoms with E-state index in [4.69, 9.17) is 9.47 Å². The summed E-state index contributed by atoms with van der Waals surface area (Å²) in [6, 6.07) is 6.22. The summed E-state index contributed by atoms with van der Waals surface area (Å²) >= 11 is 0. The number of ether oxygens (including phenoxy) is 2. The number of nitrogens with one attached hydrogen (secondary N) is 1. The number of benzene rings is 1. The molecule has 3 rings (SSSR count). The van der Waals surface area contributed by atoms with Gasteiger partial charge in [-0.05, 0) is 37.5 Å². The summed E-state index contributed by atoms with van der Waals surface area (Å²) in [6.45, 7) is 3.08. The molecule has 1 aromatic carbocycles. The molecule has 0 spiro atoms. The highest BCUT2D eigenvalue weighted by molar-refractivity contribution is 5.45. The van der Waals surface area contributed by atoms with Crippen LogP contribution in [0.2, 0.25) is 0 Å². The topological polar surface area (TPSA) is 50.7 Å². The second kappa shape index (κ2) is 6.24. The quantitative estimate of drug-likeness (QED) is 0.837. The molecule has 0 amide bonds. The normalized spacial score (nSPS) is 21.8. The summed E-state index contributed by atoms with van der Waals surface area (Å²) < 4.78 is 10.8. The summed E-state index contributed by atoms with van der Waals surface area (Å²) in [5.41, 5.74) is 0.623. The van der Waals surface area contributed by atoms with Crippen LogP contribution in [-0.4, -0.2) is 24.0 Å². The van der Waals surface area contributed by atoms with Crippen LogP contribution in [0.15, 0.2) is 18.2 Å². The van der Waals surface area contributed by atoms with Gasteiger partial charge in [0.1, 0.15) is 0 Å². The van der Waals surface area contributed by atoms with Gasteiger partial charge in [0, 0.05) is 12.6 Å². The highest BCUT2D eigenvalue weighted by Gasteiger charge is 2.28. The smallest absolute Gasteiger partial charge is 0.231 e. The predicted octanol–water partition coefficient (Wildman–Crippen LogP) is 3.15. The minimum Gasteiger partial charge on any atom is -0.454 e. The largest absolute Gasteiger partial charge is 0.454 e. The molecule has 2 aliphatic rings. The lowest BCUT2D eigenvalue weighted by Gasteiger charge is -2.29. The minimum atomic E-state index is -0.541. The highest BCUT2D eigenvalue weighted by atomic mass is 16.7. The Morgan fingerprint density at radius 2 is 1.86 bits per heavy atom. The van der Waals surface area contributed by atoms with Gasteiger partial charge in [-0.2, -0.15) is 0 Å². The summed E-state index contributed by atoms with van der Waals surface area (Å²) in [6.07, 6.45) is 6.59. The number of aliphatic hydroxyl groups is 1. The van der Waals surface area contributed by atoms with Gasteiger partial charge in [0.2, 0.25) is 6.79 Å². The molecule has 0 aromatic heterocycles. The zero-order chi connectivity index (χ0) is 14.7. The van der Waals surface area contributed by atoms with Crippen LogP contribution in [0.4, 0.5) is 0 Å². The molecule has 1 unspecified atom stereocenters. The average molecular weight is 291 g/mol. The predicted molar refractivity (Wildman–Crippen MR) is 81.6 cm³/mol. The van der Waals surface area contributed by atoms with E-state index >= 15 is 0 Å². The SMILES string of the molecule is CC(NCC1(O)CCCCCC1)c1ccc2c(c1)OCO2. The summed E-state index contributed by atoms with van der Waals surface area (Å²) in [4.78, 5) is 0. The molecule has 4 nitrogen and oxygen atoms in total. The first-order valence-corrected chi connectivity index (χ1v) is 8.02. The van der Waals surface area contributed by atoms with E-state index < -0.39 is 5.60 Å². The van der Waals surface area contributed by atoms with Crippen molar-refractivity contribution < 1.29 is 14.6 Å². The van der Waals surface area contributed by atoms with E-state index in [9.17, 15) is 5.11 Å². The molecule has 2 N–H and O–H groups in total. The lowest BCUT2D eigenvalue weighted by molar-refractivity contribution is 0.0231. The van der Waals surface area contributed by atoms with Gasteiger partial charge in [-0.25, -0.2) is 0 Å². The van der Waals surface area contributed by atoms with E-state index in [1.807, 2.05) is 12.1 Å². The number of hydrogen-bond acceptors (Lipinski definition) is 4. The van der Waals surface area contributed by atoms with Gasteiger partial charge in [-0.1, -0.05) is 31.7 Å². The third-order valence-corrected chi connectivity index (χ3v) is 4.67. The van der Waals surface area contributed by atoms with Crippen molar-refractivity contribution in [1.82, 2.24) is 5.32 Å². The van der Waals surface area contributed by atoms with Gasteiger partial charge in [0.05, 0.1) is 5.60 Å². The van der Waals surface area contributed by atoms with Crippen molar-refractivity contribution in [3.63, 3.8) is 0 Å². The Morgan fingerprint density at radius 1 is 1.14 bits per heavy atom. The maximum Gasteiger partial charge on any atom is 0.231 e. The third-order valence-electron chi connectivity index (χ3n) is 4.67. The summed E-state index contributed by atoms with van der Waals surface area (Å²) in [7, 11) is 0. The van der Waals surface area contributed by atoms with E-state index in [0.717, 1.165) is 42.7 Å². The molecular weight excluding hydrogens is 266 g/mol. The van der Waals surface area contributed by atoms with Crippen molar-refractivity contribution >= 4 is 0 Å². The second-order valence-electron chi connectivity index (χ2n) is 6.35. The Balaban J connectivity index is 1.59. The fraction of sp³-hybridized carbons (Fsp3) is 0.647. The summed E-state index contributed by atoms with van der Waals surface area (Å²) in [5.74, 6) is 1.63. The molecule has 1 atom stereocenters. The van der Waals surface area contributed by atoms with Crippen LogP contribution < -0.4 is 14.8 Å². The first-order valence-electron chi connectivity index (χ1n) is 8.02. The van der Waals surface area contributed by atoms with Crippen LogP contribution in [0, 0.1) is 0 Å². The molecule has 1 heterocycles. The summed E-state index contributed by atoms with van der Waals surface area (Å²) in [5, 5.41) is 14.2. The zero-order valence-corrected chi connectivity index (χ0v) is 12.7. The van der Waals surface area contributed by atoms with Crippen LogP contribution in [0.25, 0.3) is 0 Å². The maximum absolute atomic E-state index is 10.7. The lowest BCUT2D eigenvalue weighted by Crippen LogP contribution is -2.41. The molecule has 0 saturated heterocycles. The average Bonchev–Trinajstić information content (AvgIpc) is 2.85. The van der Waals surface area contributed by atoms with Crippen molar-refractivity contribution in [1.29, 1.82) is 0 Å². The molecule has 1 fully saturated rings. The third kappa shape index (κ3) is 3.50. The maximum atomic E-state index is 10.7. The Morgan fingerprint density at radius 3 is 2.62 bits per heavy atom. The molecule has 0 radical (unpaired) electrons. The monoisotopic (exact) mass is 291 g/mol. The van der Waals surface area contributed by atoms with Crippen molar-refractivity contribution in [3.8, 4) is 11.5 Å². The van der Waals surface area contributed by atoms with Crippen molar-refractivity contribution in [2.45, 2.75) is 57.1 Å². The fourth-order valence-corrected chi connectivity index (χ4v) is 3.21. The second-order valence-corrected chi connectivity index (χ2v) is 6.35. The minimum absolute atomic E-state index is 0.187. The van der Waals surface area contributed by atoms with E-state index in [1.54, 1.807) is 0 Å². The lowest BCUT2D eigenvalue weighted by atomic mass is 9.94. The van der Waals surface area contributed by atoms with Crippen LogP contribution >= 0.6 is 0 Å². The van der Waals surface area contributed by atoms with E-state index in [0.29, 0.717) is 13.3 Å². The standard InChI is InChI=1S/C17H25NO3/c1-13(14-6-7-15-16(10-14)21-12-20-15)18-11-17(19)8-4-2-3-5-9-17/h6-7,10,13,18-19H,2-5,8-9,11-12H2,1H3. The number of hydrogen-bond donors (Lipinski definition) is 2. The first-order chi connectivity index (χ1) is 10.2. The molecule has 1 aliphatic carbocycles. The van der Waals surface area contributed by atoms with Crippen LogP contribution in [-0.2, 0) is 0 Å². The van der Waals surface area contributed by atoms with Crippen LogP contribution in [0.1, 0.15) is 57.1 Å². The van der Waals surface area contributed by atoms with Gasteiger partial charge in [-0.15, -0.1) is 0 Å². The molecular formula is C17H25NO3. The van der Waals surface area contributed by atoms with Gasteiger partial charge in [0.15, 0.2) is 11.5 Å². The zero-order valence-electron chi connectivity index (χ0n) is 12.7. The Kier molecular flexibility index (Phi) is 4.36. The number of fused-ring (bicyclic) bond motifs is 1. The Labute approximate surface area is 126 Å². The molecule has 116 valence electrons.